The lowest BCUT2D eigenvalue weighted by molar-refractivity contribution is 0.414. The average molecular weight is 230 g/mol. The van der Waals surface area contributed by atoms with Crippen LogP contribution < -0.4 is 5.73 Å². The van der Waals surface area contributed by atoms with E-state index in [1.54, 1.807) is 6.07 Å². The fourth-order valence-electron chi connectivity index (χ4n) is 2.26. The standard InChI is InChI=1S/C12H14N4O/c13-10-7-3-6-9(14-10)12-15-11(16-17-12)8-4-1-2-5-8/h3,6-8H,1-2,4-5H2,(H2,13,14). The summed E-state index contributed by atoms with van der Waals surface area (Å²) in [6, 6.07) is 5.39. The third kappa shape index (κ3) is 2.00. The molecule has 1 aliphatic rings. The molecule has 1 saturated carbocycles. The Bertz CT molecular complexity index is 517. The maximum absolute atomic E-state index is 5.62. The fourth-order valence-corrected chi connectivity index (χ4v) is 2.26. The summed E-state index contributed by atoms with van der Waals surface area (Å²) in [4.78, 5) is 8.57. The molecule has 0 saturated heterocycles. The van der Waals surface area contributed by atoms with Crippen LogP contribution >= 0.6 is 0 Å². The Morgan fingerprint density at radius 2 is 2.00 bits per heavy atom. The van der Waals surface area contributed by atoms with Crippen molar-refractivity contribution in [1.82, 2.24) is 15.1 Å². The SMILES string of the molecule is Nc1cccc(-c2nc(C3CCCC3)no2)n1. The number of hydrogen-bond donors (Lipinski definition) is 1. The predicted molar refractivity (Wildman–Crippen MR) is 63.2 cm³/mol. The zero-order chi connectivity index (χ0) is 11.7. The second-order valence-electron chi connectivity index (χ2n) is 4.39. The average Bonchev–Trinajstić information content (AvgIpc) is 3.00. The first-order valence-electron chi connectivity index (χ1n) is 5.89. The predicted octanol–water partition coefficient (Wildman–Crippen LogP) is 2.37. The molecule has 0 radical (unpaired) electrons. The van der Waals surface area contributed by atoms with Gasteiger partial charge in [0.25, 0.3) is 5.89 Å². The van der Waals surface area contributed by atoms with E-state index in [4.69, 9.17) is 10.3 Å². The van der Waals surface area contributed by atoms with Gasteiger partial charge in [-0.2, -0.15) is 4.98 Å². The van der Waals surface area contributed by atoms with Crippen molar-refractivity contribution >= 4 is 5.82 Å². The summed E-state index contributed by atoms with van der Waals surface area (Å²) in [5.41, 5.74) is 6.26. The minimum atomic E-state index is 0.452. The largest absolute Gasteiger partial charge is 0.384 e. The molecule has 2 N–H and O–H groups in total. The lowest BCUT2D eigenvalue weighted by Gasteiger charge is -1.99. The second kappa shape index (κ2) is 4.16. The highest BCUT2D eigenvalue weighted by molar-refractivity contribution is 5.50. The minimum Gasteiger partial charge on any atom is -0.384 e. The van der Waals surface area contributed by atoms with Crippen molar-refractivity contribution in [3.8, 4) is 11.6 Å². The molecule has 88 valence electrons. The van der Waals surface area contributed by atoms with Gasteiger partial charge < -0.3 is 10.3 Å². The number of nitrogens with two attached hydrogens (primary N) is 1. The van der Waals surface area contributed by atoms with Gasteiger partial charge in [-0.05, 0) is 25.0 Å². The van der Waals surface area contributed by atoms with Crippen LogP contribution in [0.1, 0.15) is 37.4 Å². The maximum Gasteiger partial charge on any atom is 0.276 e. The number of rotatable bonds is 2. The van der Waals surface area contributed by atoms with Crippen LogP contribution in [-0.4, -0.2) is 15.1 Å². The molecule has 0 amide bonds. The van der Waals surface area contributed by atoms with Crippen molar-refractivity contribution in [2.75, 3.05) is 5.73 Å². The molecule has 0 unspecified atom stereocenters. The highest BCUT2D eigenvalue weighted by atomic mass is 16.5. The van der Waals surface area contributed by atoms with Gasteiger partial charge in [-0.1, -0.05) is 24.1 Å². The minimum absolute atomic E-state index is 0.452. The van der Waals surface area contributed by atoms with Crippen molar-refractivity contribution in [2.45, 2.75) is 31.6 Å². The van der Waals surface area contributed by atoms with E-state index in [1.807, 2.05) is 12.1 Å². The van der Waals surface area contributed by atoms with Crippen molar-refractivity contribution < 1.29 is 4.52 Å². The molecular formula is C12H14N4O. The smallest absolute Gasteiger partial charge is 0.276 e. The van der Waals surface area contributed by atoms with Crippen molar-refractivity contribution in [3.05, 3.63) is 24.0 Å². The summed E-state index contributed by atoms with van der Waals surface area (Å²) >= 11 is 0. The molecule has 1 aliphatic carbocycles. The first-order chi connectivity index (χ1) is 8.33. The van der Waals surface area contributed by atoms with Gasteiger partial charge in [-0.15, -0.1) is 0 Å². The van der Waals surface area contributed by atoms with Crippen LogP contribution in [0.3, 0.4) is 0 Å². The summed E-state index contributed by atoms with van der Waals surface area (Å²) in [5.74, 6) is 2.18. The molecule has 1 fully saturated rings. The van der Waals surface area contributed by atoms with Crippen LogP contribution in [0.25, 0.3) is 11.6 Å². The Kier molecular flexibility index (Phi) is 2.51. The normalized spacial score (nSPS) is 16.5. The van der Waals surface area contributed by atoms with Crippen LogP contribution in [0.15, 0.2) is 22.7 Å². The molecule has 17 heavy (non-hydrogen) atoms. The molecule has 0 spiro atoms. The Balaban J connectivity index is 1.89. The number of anilines is 1. The van der Waals surface area contributed by atoms with Gasteiger partial charge in [0.2, 0.25) is 0 Å². The molecule has 3 rings (SSSR count). The lowest BCUT2D eigenvalue weighted by Crippen LogP contribution is -1.95. The van der Waals surface area contributed by atoms with Gasteiger partial charge in [-0.3, -0.25) is 0 Å². The summed E-state index contributed by atoms with van der Waals surface area (Å²) in [6.07, 6.45) is 4.82. The summed E-state index contributed by atoms with van der Waals surface area (Å²) in [7, 11) is 0. The van der Waals surface area contributed by atoms with Crippen LogP contribution in [0.2, 0.25) is 0 Å². The second-order valence-corrected chi connectivity index (χ2v) is 4.39. The van der Waals surface area contributed by atoms with Gasteiger partial charge in [0.15, 0.2) is 5.82 Å². The molecule has 0 aromatic carbocycles. The van der Waals surface area contributed by atoms with Crippen molar-refractivity contribution in [1.29, 1.82) is 0 Å². The highest BCUT2D eigenvalue weighted by Gasteiger charge is 2.22. The van der Waals surface area contributed by atoms with E-state index in [9.17, 15) is 0 Å². The van der Waals surface area contributed by atoms with E-state index in [-0.39, 0.29) is 0 Å². The number of hydrogen-bond acceptors (Lipinski definition) is 5. The maximum atomic E-state index is 5.62. The highest BCUT2D eigenvalue weighted by Crippen LogP contribution is 2.33. The van der Waals surface area contributed by atoms with Crippen LogP contribution in [0.5, 0.6) is 0 Å². The number of pyridine rings is 1. The summed E-state index contributed by atoms with van der Waals surface area (Å²) in [6.45, 7) is 0. The quantitative estimate of drug-likeness (QED) is 0.856. The van der Waals surface area contributed by atoms with Crippen LogP contribution in [0, 0.1) is 0 Å². The third-order valence-corrected chi connectivity index (χ3v) is 3.15. The Hall–Kier alpha value is -1.91. The Morgan fingerprint density at radius 3 is 2.76 bits per heavy atom. The van der Waals surface area contributed by atoms with Gasteiger partial charge in [0.05, 0.1) is 0 Å². The van der Waals surface area contributed by atoms with Crippen molar-refractivity contribution in [2.24, 2.45) is 0 Å². The number of aromatic nitrogens is 3. The van der Waals surface area contributed by atoms with Gasteiger partial charge >= 0.3 is 0 Å². The van der Waals surface area contributed by atoms with E-state index in [0.29, 0.717) is 23.3 Å². The van der Waals surface area contributed by atoms with E-state index < -0.39 is 0 Å². The zero-order valence-corrected chi connectivity index (χ0v) is 9.47. The monoisotopic (exact) mass is 230 g/mol. The fraction of sp³-hybridized carbons (Fsp3) is 0.417. The summed E-state index contributed by atoms with van der Waals surface area (Å²) < 4.78 is 5.24. The van der Waals surface area contributed by atoms with Crippen LogP contribution in [-0.2, 0) is 0 Å². The van der Waals surface area contributed by atoms with Gasteiger partial charge in [-0.25, -0.2) is 4.98 Å². The molecular weight excluding hydrogens is 216 g/mol. The summed E-state index contributed by atoms with van der Waals surface area (Å²) in [5, 5.41) is 4.04. The number of nitrogens with zero attached hydrogens (tertiary/aromatic N) is 3. The van der Waals surface area contributed by atoms with E-state index >= 15 is 0 Å². The number of nitrogen functional groups attached to an aromatic ring is 1. The molecule has 5 heteroatoms. The molecule has 0 atom stereocenters. The molecule has 0 bridgehead atoms. The van der Waals surface area contributed by atoms with Crippen LogP contribution in [0.4, 0.5) is 5.82 Å². The molecule has 5 nitrogen and oxygen atoms in total. The molecule has 2 aromatic heterocycles. The van der Waals surface area contributed by atoms with Crippen molar-refractivity contribution in [3.63, 3.8) is 0 Å². The first-order valence-corrected chi connectivity index (χ1v) is 5.89. The molecule has 2 aromatic rings. The zero-order valence-electron chi connectivity index (χ0n) is 9.47. The van der Waals surface area contributed by atoms with Gasteiger partial charge in [0.1, 0.15) is 11.5 Å². The first kappa shape index (κ1) is 10.3. The molecule has 2 heterocycles. The van der Waals surface area contributed by atoms with E-state index in [1.165, 1.54) is 12.8 Å². The molecule has 0 aliphatic heterocycles. The van der Waals surface area contributed by atoms with E-state index in [0.717, 1.165) is 18.7 Å². The Labute approximate surface area is 99.1 Å². The topological polar surface area (TPSA) is 77.8 Å². The lowest BCUT2D eigenvalue weighted by atomic mass is 10.1. The third-order valence-electron chi connectivity index (χ3n) is 3.15. The Morgan fingerprint density at radius 1 is 1.18 bits per heavy atom. The van der Waals surface area contributed by atoms with E-state index in [2.05, 4.69) is 15.1 Å². The van der Waals surface area contributed by atoms with Gasteiger partial charge in [0, 0.05) is 5.92 Å².